The molecule has 1 unspecified atom stereocenters. The van der Waals surface area contributed by atoms with Crippen molar-refractivity contribution in [2.45, 2.75) is 25.9 Å². The van der Waals surface area contributed by atoms with Crippen molar-refractivity contribution in [3.63, 3.8) is 0 Å². The molecule has 0 aliphatic carbocycles. The molecular formula is C14H20N2O2S. The second-order valence-corrected chi connectivity index (χ2v) is 6.33. The van der Waals surface area contributed by atoms with Crippen LogP contribution in [0.3, 0.4) is 0 Å². The van der Waals surface area contributed by atoms with Gasteiger partial charge in [0.05, 0.1) is 19.8 Å². The first-order valence-corrected chi connectivity index (χ1v) is 7.77. The van der Waals surface area contributed by atoms with Crippen molar-refractivity contribution >= 4 is 17.2 Å². The molecule has 5 heteroatoms. The molecule has 2 aliphatic heterocycles. The van der Waals surface area contributed by atoms with E-state index in [1.54, 1.807) is 0 Å². The summed E-state index contributed by atoms with van der Waals surface area (Å²) in [5.74, 6) is 0.255. The Morgan fingerprint density at radius 1 is 1.53 bits per heavy atom. The van der Waals surface area contributed by atoms with Crippen LogP contribution in [0, 0.1) is 0 Å². The molecule has 1 aromatic heterocycles. The van der Waals surface area contributed by atoms with Crippen LogP contribution in [-0.2, 0) is 22.5 Å². The summed E-state index contributed by atoms with van der Waals surface area (Å²) < 4.78 is 5.41. The third-order valence-electron chi connectivity index (χ3n) is 4.00. The van der Waals surface area contributed by atoms with Crippen LogP contribution in [0.15, 0.2) is 11.4 Å². The Morgan fingerprint density at radius 2 is 2.42 bits per heavy atom. The summed E-state index contributed by atoms with van der Waals surface area (Å²) in [6.45, 7) is 6.66. The lowest BCUT2D eigenvalue weighted by Gasteiger charge is -2.35. The van der Waals surface area contributed by atoms with Crippen LogP contribution in [0.5, 0.6) is 0 Å². The number of amides is 1. The van der Waals surface area contributed by atoms with Gasteiger partial charge in [-0.1, -0.05) is 0 Å². The van der Waals surface area contributed by atoms with Crippen molar-refractivity contribution < 1.29 is 9.53 Å². The maximum Gasteiger partial charge on any atom is 0.237 e. The SMILES string of the molecule is CC1COCCN1CC(=O)N1CCc2sccc2C1. The molecule has 0 radical (unpaired) electrons. The van der Waals surface area contributed by atoms with Crippen LogP contribution >= 0.6 is 11.3 Å². The van der Waals surface area contributed by atoms with Crippen molar-refractivity contribution in [3.8, 4) is 0 Å². The Balaban J connectivity index is 1.59. The van der Waals surface area contributed by atoms with E-state index in [4.69, 9.17) is 4.74 Å². The lowest BCUT2D eigenvalue weighted by atomic mass is 10.1. The number of hydrogen-bond acceptors (Lipinski definition) is 4. The van der Waals surface area contributed by atoms with E-state index in [0.717, 1.165) is 39.3 Å². The highest BCUT2D eigenvalue weighted by Gasteiger charge is 2.26. The van der Waals surface area contributed by atoms with Gasteiger partial charge >= 0.3 is 0 Å². The maximum atomic E-state index is 12.4. The standard InChI is InChI=1S/C14H20N2O2S/c1-11-10-18-6-5-15(11)9-14(17)16-4-2-13-12(8-16)3-7-19-13/h3,7,11H,2,4-6,8-10H2,1H3. The van der Waals surface area contributed by atoms with Gasteiger partial charge in [-0.3, -0.25) is 9.69 Å². The predicted octanol–water partition coefficient (Wildman–Crippen LogP) is 1.35. The summed E-state index contributed by atoms with van der Waals surface area (Å²) in [5.41, 5.74) is 1.33. The Labute approximate surface area is 118 Å². The summed E-state index contributed by atoms with van der Waals surface area (Å²) in [6.07, 6.45) is 1.01. The van der Waals surface area contributed by atoms with Gasteiger partial charge in [0.15, 0.2) is 0 Å². The van der Waals surface area contributed by atoms with Crippen LogP contribution in [0.4, 0.5) is 0 Å². The molecule has 1 saturated heterocycles. The highest BCUT2D eigenvalue weighted by atomic mass is 32.1. The van der Waals surface area contributed by atoms with Gasteiger partial charge in [-0.05, 0) is 30.4 Å². The first-order chi connectivity index (χ1) is 9.24. The van der Waals surface area contributed by atoms with Crippen LogP contribution in [0.1, 0.15) is 17.4 Å². The highest BCUT2D eigenvalue weighted by Crippen LogP contribution is 2.24. The number of ether oxygens (including phenoxy) is 1. The summed E-state index contributed by atoms with van der Waals surface area (Å²) in [4.78, 5) is 18.1. The molecule has 1 atom stereocenters. The summed E-state index contributed by atoms with van der Waals surface area (Å²) in [7, 11) is 0. The van der Waals surface area contributed by atoms with Crippen LogP contribution in [-0.4, -0.2) is 54.6 Å². The Kier molecular flexibility index (Phi) is 3.86. The number of rotatable bonds is 2. The minimum atomic E-state index is 0.255. The number of nitrogens with zero attached hydrogens (tertiary/aromatic N) is 2. The first-order valence-electron chi connectivity index (χ1n) is 6.89. The monoisotopic (exact) mass is 280 g/mol. The molecule has 0 N–H and O–H groups in total. The average Bonchev–Trinajstić information content (AvgIpc) is 2.88. The topological polar surface area (TPSA) is 32.8 Å². The van der Waals surface area contributed by atoms with Gasteiger partial charge in [0.1, 0.15) is 0 Å². The Bertz CT molecular complexity index is 460. The molecule has 3 rings (SSSR count). The zero-order chi connectivity index (χ0) is 13.2. The zero-order valence-electron chi connectivity index (χ0n) is 11.3. The summed E-state index contributed by atoms with van der Waals surface area (Å²) in [6, 6.07) is 2.50. The molecule has 1 fully saturated rings. The molecule has 0 spiro atoms. The Morgan fingerprint density at radius 3 is 3.26 bits per heavy atom. The van der Waals surface area contributed by atoms with E-state index >= 15 is 0 Å². The van der Waals surface area contributed by atoms with Crippen LogP contribution < -0.4 is 0 Å². The molecule has 2 aliphatic rings. The normalized spacial score (nSPS) is 24.3. The molecule has 104 valence electrons. The maximum absolute atomic E-state index is 12.4. The molecule has 0 saturated carbocycles. The van der Waals surface area contributed by atoms with E-state index in [0.29, 0.717) is 12.6 Å². The van der Waals surface area contributed by atoms with Gasteiger partial charge in [0.25, 0.3) is 0 Å². The van der Waals surface area contributed by atoms with E-state index < -0.39 is 0 Å². The number of carbonyl (C=O) groups is 1. The molecule has 3 heterocycles. The molecular weight excluding hydrogens is 260 g/mol. The first kappa shape index (κ1) is 13.1. The van der Waals surface area contributed by atoms with E-state index in [2.05, 4.69) is 23.3 Å². The van der Waals surface area contributed by atoms with E-state index in [-0.39, 0.29) is 5.91 Å². The van der Waals surface area contributed by atoms with Gasteiger partial charge in [-0.25, -0.2) is 0 Å². The third-order valence-corrected chi connectivity index (χ3v) is 5.03. The largest absolute Gasteiger partial charge is 0.379 e. The van der Waals surface area contributed by atoms with Gasteiger partial charge in [0, 0.05) is 30.6 Å². The second kappa shape index (κ2) is 5.61. The van der Waals surface area contributed by atoms with Crippen molar-refractivity contribution in [3.05, 3.63) is 21.9 Å². The number of fused-ring (bicyclic) bond motifs is 1. The van der Waals surface area contributed by atoms with Crippen molar-refractivity contribution in [1.82, 2.24) is 9.80 Å². The van der Waals surface area contributed by atoms with E-state index in [1.807, 2.05) is 16.2 Å². The fraction of sp³-hybridized carbons (Fsp3) is 0.643. The molecule has 19 heavy (non-hydrogen) atoms. The molecule has 1 amide bonds. The number of hydrogen-bond donors (Lipinski definition) is 0. The molecule has 0 bridgehead atoms. The predicted molar refractivity (Wildman–Crippen MR) is 75.3 cm³/mol. The van der Waals surface area contributed by atoms with Gasteiger partial charge in [-0.15, -0.1) is 11.3 Å². The number of carbonyl (C=O) groups excluding carboxylic acids is 1. The minimum Gasteiger partial charge on any atom is -0.379 e. The number of morpholine rings is 1. The fourth-order valence-electron chi connectivity index (χ4n) is 2.73. The summed E-state index contributed by atoms with van der Waals surface area (Å²) in [5, 5.41) is 2.13. The fourth-order valence-corrected chi connectivity index (χ4v) is 3.62. The zero-order valence-corrected chi connectivity index (χ0v) is 12.1. The van der Waals surface area contributed by atoms with Gasteiger partial charge in [-0.2, -0.15) is 0 Å². The summed E-state index contributed by atoms with van der Waals surface area (Å²) >= 11 is 1.81. The highest BCUT2D eigenvalue weighted by molar-refractivity contribution is 7.10. The molecule has 4 nitrogen and oxygen atoms in total. The average molecular weight is 280 g/mol. The van der Waals surface area contributed by atoms with E-state index in [1.165, 1.54) is 10.4 Å². The lowest BCUT2D eigenvalue weighted by Crippen LogP contribution is -2.49. The van der Waals surface area contributed by atoms with Gasteiger partial charge < -0.3 is 9.64 Å². The van der Waals surface area contributed by atoms with Crippen molar-refractivity contribution in [2.24, 2.45) is 0 Å². The van der Waals surface area contributed by atoms with Gasteiger partial charge in [0.2, 0.25) is 5.91 Å². The molecule has 0 aromatic carbocycles. The van der Waals surface area contributed by atoms with Crippen molar-refractivity contribution in [1.29, 1.82) is 0 Å². The third kappa shape index (κ3) is 2.83. The van der Waals surface area contributed by atoms with Crippen LogP contribution in [0.25, 0.3) is 0 Å². The van der Waals surface area contributed by atoms with E-state index in [9.17, 15) is 4.79 Å². The smallest absolute Gasteiger partial charge is 0.237 e. The van der Waals surface area contributed by atoms with Crippen molar-refractivity contribution in [2.75, 3.05) is 32.8 Å². The lowest BCUT2D eigenvalue weighted by molar-refractivity contribution is -0.135. The molecule has 1 aromatic rings. The second-order valence-electron chi connectivity index (χ2n) is 5.33. The van der Waals surface area contributed by atoms with Crippen LogP contribution in [0.2, 0.25) is 0 Å². The number of thiophene rings is 1. The Hall–Kier alpha value is -0.910. The minimum absolute atomic E-state index is 0.255. The quantitative estimate of drug-likeness (QED) is 0.820.